The van der Waals surface area contributed by atoms with Gasteiger partial charge >= 0.3 is 0 Å². The van der Waals surface area contributed by atoms with Crippen molar-refractivity contribution >= 4 is 33.4 Å². The summed E-state index contributed by atoms with van der Waals surface area (Å²) < 4.78 is 0.668. The SMILES string of the molecule is CN1CCC(C#N)(NC(=O)c2cccc(Br)c2Cl)CC1. The van der Waals surface area contributed by atoms with E-state index in [0.29, 0.717) is 27.9 Å². The first-order valence-electron chi connectivity index (χ1n) is 6.34. The number of carbonyl (C=O) groups is 1. The van der Waals surface area contributed by atoms with E-state index < -0.39 is 5.54 Å². The minimum atomic E-state index is -0.796. The third-order valence-electron chi connectivity index (χ3n) is 3.60. The maximum Gasteiger partial charge on any atom is 0.254 e. The van der Waals surface area contributed by atoms with Crippen molar-refractivity contribution in [1.82, 2.24) is 10.2 Å². The number of nitriles is 1. The fourth-order valence-corrected chi connectivity index (χ4v) is 2.81. The monoisotopic (exact) mass is 355 g/mol. The van der Waals surface area contributed by atoms with Crippen LogP contribution in [0.4, 0.5) is 0 Å². The number of piperidine rings is 1. The van der Waals surface area contributed by atoms with Gasteiger partial charge in [0.2, 0.25) is 0 Å². The average molecular weight is 357 g/mol. The highest BCUT2D eigenvalue weighted by Gasteiger charge is 2.35. The smallest absolute Gasteiger partial charge is 0.254 e. The lowest BCUT2D eigenvalue weighted by Crippen LogP contribution is -2.53. The topological polar surface area (TPSA) is 56.1 Å². The lowest BCUT2D eigenvalue weighted by molar-refractivity contribution is 0.0882. The summed E-state index contributed by atoms with van der Waals surface area (Å²) in [6.45, 7) is 1.58. The minimum Gasteiger partial charge on any atom is -0.334 e. The average Bonchev–Trinajstić information content (AvgIpc) is 2.44. The molecule has 1 aliphatic heterocycles. The van der Waals surface area contributed by atoms with Gasteiger partial charge in [0, 0.05) is 17.6 Å². The summed E-state index contributed by atoms with van der Waals surface area (Å²) in [7, 11) is 2.01. The van der Waals surface area contributed by atoms with Gasteiger partial charge < -0.3 is 10.2 Å². The van der Waals surface area contributed by atoms with Gasteiger partial charge in [0.25, 0.3) is 5.91 Å². The zero-order chi connectivity index (χ0) is 14.8. The molecule has 20 heavy (non-hydrogen) atoms. The van der Waals surface area contributed by atoms with Crippen molar-refractivity contribution in [1.29, 1.82) is 5.26 Å². The van der Waals surface area contributed by atoms with Gasteiger partial charge in [0.1, 0.15) is 5.54 Å². The molecule has 0 radical (unpaired) electrons. The summed E-state index contributed by atoms with van der Waals surface area (Å²) in [6, 6.07) is 7.44. The molecule has 2 rings (SSSR count). The molecule has 1 heterocycles. The van der Waals surface area contributed by atoms with Crippen LogP contribution in [0.2, 0.25) is 5.02 Å². The van der Waals surface area contributed by atoms with Crippen LogP contribution in [-0.4, -0.2) is 36.5 Å². The maximum atomic E-state index is 12.4. The lowest BCUT2D eigenvalue weighted by atomic mass is 9.89. The lowest BCUT2D eigenvalue weighted by Gasteiger charge is -2.36. The Morgan fingerprint density at radius 1 is 1.50 bits per heavy atom. The highest BCUT2D eigenvalue weighted by atomic mass is 79.9. The summed E-state index contributed by atoms with van der Waals surface area (Å²) >= 11 is 9.41. The Morgan fingerprint density at radius 2 is 2.15 bits per heavy atom. The molecule has 1 saturated heterocycles. The number of nitrogens with one attached hydrogen (secondary N) is 1. The molecule has 1 aliphatic rings. The molecule has 1 amide bonds. The number of hydrogen-bond acceptors (Lipinski definition) is 3. The van der Waals surface area contributed by atoms with E-state index in [0.717, 1.165) is 13.1 Å². The second-order valence-corrected chi connectivity index (χ2v) is 6.28. The van der Waals surface area contributed by atoms with Crippen molar-refractivity contribution in [3.8, 4) is 6.07 Å². The van der Waals surface area contributed by atoms with Crippen molar-refractivity contribution in [2.75, 3.05) is 20.1 Å². The molecule has 0 aliphatic carbocycles. The minimum absolute atomic E-state index is 0.303. The van der Waals surface area contributed by atoms with Crippen LogP contribution in [0.3, 0.4) is 0 Å². The molecule has 1 aromatic carbocycles. The van der Waals surface area contributed by atoms with E-state index in [9.17, 15) is 10.1 Å². The molecule has 6 heteroatoms. The van der Waals surface area contributed by atoms with Crippen molar-refractivity contribution in [2.45, 2.75) is 18.4 Å². The molecule has 1 fully saturated rings. The van der Waals surface area contributed by atoms with Gasteiger partial charge in [-0.3, -0.25) is 4.79 Å². The molecule has 4 nitrogen and oxygen atoms in total. The predicted octanol–water partition coefficient (Wildman–Crippen LogP) is 2.82. The summed E-state index contributed by atoms with van der Waals surface area (Å²) in [5.41, 5.74) is -0.413. The van der Waals surface area contributed by atoms with E-state index in [4.69, 9.17) is 11.6 Å². The van der Waals surface area contributed by atoms with Crippen LogP contribution in [0, 0.1) is 11.3 Å². The van der Waals surface area contributed by atoms with Crippen LogP contribution in [0.25, 0.3) is 0 Å². The molecule has 1 aromatic rings. The fourth-order valence-electron chi connectivity index (χ4n) is 2.23. The largest absolute Gasteiger partial charge is 0.334 e. The van der Waals surface area contributed by atoms with E-state index in [2.05, 4.69) is 32.2 Å². The van der Waals surface area contributed by atoms with Crippen LogP contribution in [0.15, 0.2) is 22.7 Å². The first kappa shape index (κ1) is 15.3. The number of carbonyl (C=O) groups excluding carboxylic acids is 1. The molecule has 0 saturated carbocycles. The number of hydrogen-bond donors (Lipinski definition) is 1. The van der Waals surface area contributed by atoms with Crippen LogP contribution in [0.5, 0.6) is 0 Å². The predicted molar refractivity (Wildman–Crippen MR) is 81.7 cm³/mol. The third-order valence-corrected chi connectivity index (χ3v) is 4.90. The van der Waals surface area contributed by atoms with Crippen LogP contribution < -0.4 is 5.32 Å². The Balaban J connectivity index is 2.18. The first-order chi connectivity index (χ1) is 9.47. The number of benzene rings is 1. The highest BCUT2D eigenvalue weighted by molar-refractivity contribution is 9.10. The Labute approximate surface area is 131 Å². The van der Waals surface area contributed by atoms with Gasteiger partial charge in [0.15, 0.2) is 0 Å². The number of amides is 1. The summed E-state index contributed by atoms with van der Waals surface area (Å²) in [4.78, 5) is 14.5. The van der Waals surface area contributed by atoms with Crippen LogP contribution in [0.1, 0.15) is 23.2 Å². The molecular formula is C14H15BrClN3O. The van der Waals surface area contributed by atoms with Crippen LogP contribution >= 0.6 is 27.5 Å². The quantitative estimate of drug-likeness (QED) is 0.886. The standard InChI is InChI=1S/C14H15BrClN3O/c1-19-7-5-14(9-17,6-8-19)18-13(20)10-3-2-4-11(15)12(10)16/h2-4H,5-8H2,1H3,(H,18,20). The number of rotatable bonds is 2. The molecule has 106 valence electrons. The number of halogens is 2. The zero-order valence-electron chi connectivity index (χ0n) is 11.1. The van der Waals surface area contributed by atoms with E-state index >= 15 is 0 Å². The summed E-state index contributed by atoms with van der Waals surface area (Å²) in [5, 5.41) is 12.6. The number of likely N-dealkylation sites (tertiary alicyclic amines) is 1. The highest BCUT2D eigenvalue weighted by Crippen LogP contribution is 2.27. The zero-order valence-corrected chi connectivity index (χ0v) is 13.5. The van der Waals surface area contributed by atoms with Crippen molar-refractivity contribution < 1.29 is 4.79 Å². The van der Waals surface area contributed by atoms with Gasteiger partial charge in [-0.2, -0.15) is 5.26 Å². The van der Waals surface area contributed by atoms with Gasteiger partial charge in [-0.15, -0.1) is 0 Å². The molecule has 0 atom stereocenters. The van der Waals surface area contributed by atoms with Crippen LogP contribution in [-0.2, 0) is 0 Å². The van der Waals surface area contributed by atoms with Crippen molar-refractivity contribution in [2.24, 2.45) is 0 Å². The van der Waals surface area contributed by atoms with E-state index in [-0.39, 0.29) is 5.91 Å². The van der Waals surface area contributed by atoms with Gasteiger partial charge in [0.05, 0.1) is 16.7 Å². The third kappa shape index (κ3) is 3.14. The van der Waals surface area contributed by atoms with Crippen molar-refractivity contribution in [3.63, 3.8) is 0 Å². The molecule has 0 bridgehead atoms. The fraction of sp³-hybridized carbons (Fsp3) is 0.429. The molecule has 0 unspecified atom stereocenters. The molecule has 1 N–H and O–H groups in total. The molecular weight excluding hydrogens is 342 g/mol. The van der Waals surface area contributed by atoms with E-state index in [1.54, 1.807) is 18.2 Å². The second-order valence-electron chi connectivity index (χ2n) is 5.05. The van der Waals surface area contributed by atoms with Gasteiger partial charge in [-0.25, -0.2) is 0 Å². The normalized spacial score (nSPS) is 18.3. The maximum absolute atomic E-state index is 12.4. The Kier molecular flexibility index (Phi) is 4.69. The van der Waals surface area contributed by atoms with E-state index in [1.807, 2.05) is 7.05 Å². The Bertz CT molecular complexity index is 562. The molecule has 0 aromatic heterocycles. The first-order valence-corrected chi connectivity index (χ1v) is 7.51. The summed E-state index contributed by atoms with van der Waals surface area (Å²) in [5.74, 6) is -0.303. The van der Waals surface area contributed by atoms with E-state index in [1.165, 1.54) is 0 Å². The van der Waals surface area contributed by atoms with Crippen molar-refractivity contribution in [3.05, 3.63) is 33.3 Å². The Morgan fingerprint density at radius 3 is 2.75 bits per heavy atom. The summed E-state index contributed by atoms with van der Waals surface area (Å²) in [6.07, 6.45) is 1.24. The van der Waals surface area contributed by atoms with Gasteiger partial charge in [-0.05, 0) is 48.0 Å². The van der Waals surface area contributed by atoms with Gasteiger partial charge in [-0.1, -0.05) is 17.7 Å². The molecule has 0 spiro atoms. The Hall–Kier alpha value is -1.09. The second kappa shape index (κ2) is 6.13. The number of nitrogens with zero attached hydrogens (tertiary/aromatic N) is 2.